The van der Waals surface area contributed by atoms with Crippen LogP contribution in [0, 0.1) is 0 Å². The maximum Gasteiger partial charge on any atom is 0.338 e. The van der Waals surface area contributed by atoms with Crippen molar-refractivity contribution in [2.75, 3.05) is 11.5 Å². The van der Waals surface area contributed by atoms with Crippen molar-refractivity contribution in [3.63, 3.8) is 0 Å². The van der Waals surface area contributed by atoms with Gasteiger partial charge in [-0.2, -0.15) is 4.98 Å². The molecule has 3 aromatic rings. The fourth-order valence-corrected chi connectivity index (χ4v) is 5.42. The van der Waals surface area contributed by atoms with Gasteiger partial charge in [0.25, 0.3) is 5.89 Å². The molecule has 132 valence electrons. The molecule has 0 saturated carbocycles. The molecule has 1 aromatic heterocycles. The predicted molar refractivity (Wildman–Crippen MR) is 103 cm³/mol. The number of benzene rings is 2. The van der Waals surface area contributed by atoms with Crippen molar-refractivity contribution in [3.8, 4) is 11.4 Å². The standard InChI is InChI=1S/C19H16N2O3S2/c22-18(14-6-8-15(9-7-14)19-25-10-11-26-19)23-12-16-20-17(21-24-16)13-4-2-1-3-5-13/h1-9,19H,10-12H2. The zero-order chi connectivity index (χ0) is 17.8. The first-order chi connectivity index (χ1) is 12.8. The van der Waals surface area contributed by atoms with Crippen LogP contribution in [0.5, 0.6) is 0 Å². The molecule has 0 atom stereocenters. The Balaban J connectivity index is 1.36. The van der Waals surface area contributed by atoms with Crippen LogP contribution in [0.3, 0.4) is 0 Å². The summed E-state index contributed by atoms with van der Waals surface area (Å²) >= 11 is 3.87. The number of carbonyl (C=O) groups excluding carboxylic acids is 1. The zero-order valence-electron chi connectivity index (χ0n) is 13.8. The number of esters is 1. The average Bonchev–Trinajstić information content (AvgIpc) is 3.39. The molecule has 1 fully saturated rings. The first-order valence-corrected chi connectivity index (χ1v) is 10.3. The number of hydrogen-bond donors (Lipinski definition) is 0. The molecule has 0 unspecified atom stereocenters. The van der Waals surface area contributed by atoms with Crippen molar-refractivity contribution >= 4 is 29.5 Å². The Morgan fingerprint density at radius 1 is 1.08 bits per heavy atom. The van der Waals surface area contributed by atoms with Crippen molar-refractivity contribution in [1.82, 2.24) is 10.1 Å². The van der Waals surface area contributed by atoms with Crippen molar-refractivity contribution in [2.24, 2.45) is 0 Å². The largest absolute Gasteiger partial charge is 0.452 e. The summed E-state index contributed by atoms with van der Waals surface area (Å²) in [5, 5.41) is 3.91. The minimum atomic E-state index is -0.400. The van der Waals surface area contributed by atoms with E-state index in [1.807, 2.05) is 66.0 Å². The van der Waals surface area contributed by atoms with Gasteiger partial charge in [0.05, 0.1) is 10.1 Å². The molecule has 0 radical (unpaired) electrons. The number of rotatable bonds is 5. The first kappa shape index (κ1) is 17.2. The van der Waals surface area contributed by atoms with Crippen LogP contribution in [-0.4, -0.2) is 27.6 Å². The zero-order valence-corrected chi connectivity index (χ0v) is 15.5. The second kappa shape index (κ2) is 7.97. The van der Waals surface area contributed by atoms with Gasteiger partial charge in [-0.05, 0) is 17.7 Å². The second-order valence-electron chi connectivity index (χ2n) is 5.65. The van der Waals surface area contributed by atoms with E-state index < -0.39 is 5.97 Å². The van der Waals surface area contributed by atoms with E-state index in [9.17, 15) is 4.79 Å². The molecule has 1 saturated heterocycles. The van der Waals surface area contributed by atoms with Gasteiger partial charge >= 0.3 is 5.97 Å². The monoisotopic (exact) mass is 384 g/mol. The van der Waals surface area contributed by atoms with Crippen molar-refractivity contribution in [2.45, 2.75) is 11.2 Å². The smallest absolute Gasteiger partial charge is 0.338 e. The van der Waals surface area contributed by atoms with Crippen molar-refractivity contribution in [1.29, 1.82) is 0 Å². The number of thioether (sulfide) groups is 2. The Kier molecular flexibility index (Phi) is 5.26. The molecule has 1 aliphatic rings. The Hall–Kier alpha value is -2.25. The van der Waals surface area contributed by atoms with Gasteiger partial charge < -0.3 is 9.26 Å². The van der Waals surface area contributed by atoms with Gasteiger partial charge in [0.15, 0.2) is 6.61 Å². The number of ether oxygens (including phenoxy) is 1. The summed E-state index contributed by atoms with van der Waals surface area (Å²) in [4.78, 5) is 16.5. The molecule has 7 heteroatoms. The summed E-state index contributed by atoms with van der Waals surface area (Å²) in [6.07, 6.45) is 0. The summed E-state index contributed by atoms with van der Waals surface area (Å²) in [5.74, 6) is 2.70. The minimum absolute atomic E-state index is 0.0469. The number of carbonyl (C=O) groups is 1. The highest BCUT2D eigenvalue weighted by atomic mass is 32.2. The lowest BCUT2D eigenvalue weighted by Gasteiger charge is -2.08. The fraction of sp³-hybridized carbons (Fsp3) is 0.211. The summed E-state index contributed by atoms with van der Waals surface area (Å²) < 4.78 is 10.9. The maximum atomic E-state index is 12.2. The molecule has 0 amide bonds. The molecule has 2 aromatic carbocycles. The van der Waals surface area contributed by atoms with Gasteiger partial charge in [-0.1, -0.05) is 47.6 Å². The topological polar surface area (TPSA) is 65.2 Å². The van der Waals surface area contributed by atoms with E-state index in [4.69, 9.17) is 9.26 Å². The molecule has 0 N–H and O–H groups in total. The van der Waals surface area contributed by atoms with Crippen LogP contribution in [0.4, 0.5) is 0 Å². The molecule has 4 rings (SSSR count). The van der Waals surface area contributed by atoms with Gasteiger partial charge in [0.2, 0.25) is 5.82 Å². The third-order valence-corrected chi connectivity index (χ3v) is 6.97. The third kappa shape index (κ3) is 3.94. The molecule has 26 heavy (non-hydrogen) atoms. The van der Waals surface area contributed by atoms with Gasteiger partial charge in [-0.3, -0.25) is 0 Å². The van der Waals surface area contributed by atoms with Crippen LogP contribution in [-0.2, 0) is 11.3 Å². The Morgan fingerprint density at radius 3 is 2.54 bits per heavy atom. The summed E-state index contributed by atoms with van der Waals surface area (Å²) in [7, 11) is 0. The molecule has 0 spiro atoms. The Morgan fingerprint density at radius 2 is 1.81 bits per heavy atom. The minimum Gasteiger partial charge on any atom is -0.452 e. The van der Waals surface area contributed by atoms with E-state index in [0.717, 1.165) is 5.56 Å². The van der Waals surface area contributed by atoms with E-state index in [0.29, 0.717) is 16.0 Å². The fourth-order valence-electron chi connectivity index (χ4n) is 2.56. The van der Waals surface area contributed by atoms with Crippen LogP contribution in [0.1, 0.15) is 26.4 Å². The number of hydrogen-bond acceptors (Lipinski definition) is 7. The van der Waals surface area contributed by atoms with Crippen LogP contribution in [0.15, 0.2) is 59.1 Å². The van der Waals surface area contributed by atoms with E-state index in [-0.39, 0.29) is 12.5 Å². The lowest BCUT2D eigenvalue weighted by Crippen LogP contribution is -2.05. The van der Waals surface area contributed by atoms with E-state index >= 15 is 0 Å². The summed E-state index contributed by atoms with van der Waals surface area (Å²) in [5.41, 5.74) is 2.61. The molecule has 0 aliphatic carbocycles. The molecular formula is C19H16N2O3S2. The van der Waals surface area contributed by atoms with E-state index in [1.165, 1.54) is 17.1 Å². The lowest BCUT2D eigenvalue weighted by molar-refractivity contribution is 0.0430. The Labute approximate surface area is 159 Å². The van der Waals surface area contributed by atoms with Crippen LogP contribution in [0.2, 0.25) is 0 Å². The van der Waals surface area contributed by atoms with Crippen molar-refractivity contribution < 1.29 is 14.1 Å². The van der Waals surface area contributed by atoms with Gasteiger partial charge in [-0.25, -0.2) is 4.79 Å². The highest BCUT2D eigenvalue weighted by molar-refractivity contribution is 8.19. The lowest BCUT2D eigenvalue weighted by atomic mass is 10.1. The second-order valence-corrected chi connectivity index (χ2v) is 8.37. The van der Waals surface area contributed by atoms with Crippen LogP contribution >= 0.6 is 23.5 Å². The first-order valence-electron chi connectivity index (χ1n) is 8.18. The maximum absolute atomic E-state index is 12.2. The predicted octanol–water partition coefficient (Wildman–Crippen LogP) is 4.57. The molecule has 1 aliphatic heterocycles. The van der Waals surface area contributed by atoms with Crippen LogP contribution in [0.25, 0.3) is 11.4 Å². The van der Waals surface area contributed by atoms with E-state index in [2.05, 4.69) is 10.1 Å². The molecule has 5 nitrogen and oxygen atoms in total. The Bertz CT molecular complexity index is 875. The van der Waals surface area contributed by atoms with E-state index in [1.54, 1.807) is 12.1 Å². The number of nitrogens with zero attached hydrogens (tertiary/aromatic N) is 2. The number of aromatic nitrogens is 2. The normalized spacial score (nSPS) is 14.5. The third-order valence-electron chi connectivity index (χ3n) is 3.87. The quantitative estimate of drug-likeness (QED) is 0.597. The SMILES string of the molecule is O=C(OCc1nc(-c2ccccc2)no1)c1ccc(C2SCCS2)cc1. The van der Waals surface area contributed by atoms with Crippen molar-refractivity contribution in [3.05, 3.63) is 71.6 Å². The molecule has 0 bridgehead atoms. The van der Waals surface area contributed by atoms with Gasteiger partial charge in [0, 0.05) is 17.1 Å². The molecule has 2 heterocycles. The molecular weight excluding hydrogens is 368 g/mol. The summed E-state index contributed by atoms with van der Waals surface area (Å²) in [6, 6.07) is 17.1. The van der Waals surface area contributed by atoms with Gasteiger partial charge in [0.1, 0.15) is 0 Å². The highest BCUT2D eigenvalue weighted by Gasteiger charge is 2.19. The van der Waals surface area contributed by atoms with Crippen LogP contribution < -0.4 is 0 Å². The van der Waals surface area contributed by atoms with Gasteiger partial charge in [-0.15, -0.1) is 23.5 Å². The average molecular weight is 384 g/mol. The highest BCUT2D eigenvalue weighted by Crippen LogP contribution is 2.45. The summed E-state index contributed by atoms with van der Waals surface area (Å²) in [6.45, 7) is -0.0469.